The summed E-state index contributed by atoms with van der Waals surface area (Å²) >= 11 is 0. The Morgan fingerprint density at radius 3 is 2.85 bits per heavy atom. The summed E-state index contributed by atoms with van der Waals surface area (Å²) in [4.78, 5) is 10.7. The number of carbonyl (C=O) groups excluding carboxylic acids is 1. The number of hydrazine groups is 1. The monoisotopic (exact) mass is 190 g/mol. The summed E-state index contributed by atoms with van der Waals surface area (Å²) in [5.41, 5.74) is 2.06. The molecule has 0 aromatic carbocycles. The van der Waals surface area contributed by atoms with E-state index in [2.05, 4.69) is 5.43 Å². The van der Waals surface area contributed by atoms with Crippen molar-refractivity contribution in [2.75, 3.05) is 20.3 Å². The van der Waals surface area contributed by atoms with Crippen molar-refractivity contribution in [1.82, 2.24) is 5.43 Å². The molecule has 1 atom stereocenters. The lowest BCUT2D eigenvalue weighted by atomic mass is 10.3. The molecule has 0 radical (unpaired) electrons. The summed E-state index contributed by atoms with van der Waals surface area (Å²) < 4.78 is 10.2. The molecule has 0 saturated heterocycles. The molecule has 0 aromatic rings. The van der Waals surface area contributed by atoms with Gasteiger partial charge in [0.25, 0.3) is 0 Å². The number of amides is 1. The first-order valence-corrected chi connectivity index (χ1v) is 4.30. The van der Waals surface area contributed by atoms with Gasteiger partial charge in [0.15, 0.2) is 0 Å². The molecule has 0 aliphatic rings. The fraction of sp³-hybridized carbons (Fsp3) is 0.875. The van der Waals surface area contributed by atoms with Crippen molar-refractivity contribution in [3.05, 3.63) is 0 Å². The van der Waals surface area contributed by atoms with Gasteiger partial charge in [0.2, 0.25) is 5.91 Å². The van der Waals surface area contributed by atoms with Crippen molar-refractivity contribution in [2.45, 2.75) is 25.9 Å². The molecule has 0 bridgehead atoms. The number of nitrogens with two attached hydrogens (primary N) is 1. The van der Waals surface area contributed by atoms with E-state index in [9.17, 15) is 4.79 Å². The molecule has 0 saturated carbocycles. The molecule has 5 nitrogen and oxygen atoms in total. The van der Waals surface area contributed by atoms with Crippen molar-refractivity contribution in [3.63, 3.8) is 0 Å². The third-order valence-electron chi connectivity index (χ3n) is 1.51. The highest BCUT2D eigenvalue weighted by Crippen LogP contribution is 1.95. The summed E-state index contributed by atoms with van der Waals surface area (Å²) in [6.07, 6.45) is 1.15. The van der Waals surface area contributed by atoms with E-state index in [1.807, 2.05) is 6.92 Å². The van der Waals surface area contributed by atoms with Crippen molar-refractivity contribution in [1.29, 1.82) is 0 Å². The smallest absolute Gasteiger partial charge is 0.233 e. The van der Waals surface area contributed by atoms with E-state index in [0.29, 0.717) is 26.1 Å². The molecule has 0 heterocycles. The van der Waals surface area contributed by atoms with E-state index >= 15 is 0 Å². The Labute approximate surface area is 78.5 Å². The predicted molar refractivity (Wildman–Crippen MR) is 48.9 cm³/mol. The van der Waals surface area contributed by atoms with E-state index in [1.54, 1.807) is 7.11 Å². The zero-order valence-electron chi connectivity index (χ0n) is 8.21. The van der Waals surface area contributed by atoms with E-state index < -0.39 is 0 Å². The molecule has 0 fully saturated rings. The number of carbonyl (C=O) groups is 1. The Morgan fingerprint density at radius 2 is 2.31 bits per heavy atom. The SMILES string of the molecule is COCC(C)OCCCC(=O)NN. The number of rotatable bonds is 7. The molecular weight excluding hydrogens is 172 g/mol. The highest BCUT2D eigenvalue weighted by molar-refractivity contribution is 5.75. The highest BCUT2D eigenvalue weighted by atomic mass is 16.5. The molecule has 13 heavy (non-hydrogen) atoms. The van der Waals surface area contributed by atoms with Crippen molar-refractivity contribution < 1.29 is 14.3 Å². The van der Waals surface area contributed by atoms with Gasteiger partial charge >= 0.3 is 0 Å². The quantitative estimate of drug-likeness (QED) is 0.252. The number of ether oxygens (including phenoxy) is 2. The van der Waals surface area contributed by atoms with Gasteiger partial charge in [-0.05, 0) is 13.3 Å². The maximum Gasteiger partial charge on any atom is 0.233 e. The number of hydrogen-bond donors (Lipinski definition) is 2. The molecule has 5 heteroatoms. The van der Waals surface area contributed by atoms with Gasteiger partial charge in [0, 0.05) is 20.1 Å². The van der Waals surface area contributed by atoms with Crippen LogP contribution in [-0.4, -0.2) is 32.3 Å². The Kier molecular flexibility index (Phi) is 7.57. The van der Waals surface area contributed by atoms with Crippen LogP contribution in [0.2, 0.25) is 0 Å². The van der Waals surface area contributed by atoms with Crippen LogP contribution < -0.4 is 11.3 Å². The van der Waals surface area contributed by atoms with Crippen LogP contribution in [0.1, 0.15) is 19.8 Å². The van der Waals surface area contributed by atoms with Crippen LogP contribution in [0.4, 0.5) is 0 Å². The van der Waals surface area contributed by atoms with E-state index in [1.165, 1.54) is 0 Å². The molecule has 0 aliphatic carbocycles. The van der Waals surface area contributed by atoms with Gasteiger partial charge in [-0.25, -0.2) is 5.84 Å². The standard InChI is InChI=1S/C8H18N2O3/c1-7(6-12-2)13-5-3-4-8(11)10-9/h7H,3-6,9H2,1-2H3,(H,10,11). The maximum atomic E-state index is 10.7. The minimum Gasteiger partial charge on any atom is -0.382 e. The fourth-order valence-corrected chi connectivity index (χ4v) is 0.872. The third-order valence-corrected chi connectivity index (χ3v) is 1.51. The third kappa shape index (κ3) is 7.70. The van der Waals surface area contributed by atoms with Crippen LogP contribution in [0.15, 0.2) is 0 Å². The molecule has 1 amide bonds. The first-order chi connectivity index (χ1) is 6.20. The van der Waals surface area contributed by atoms with Gasteiger partial charge in [-0.3, -0.25) is 10.2 Å². The first kappa shape index (κ1) is 12.3. The fourth-order valence-electron chi connectivity index (χ4n) is 0.872. The topological polar surface area (TPSA) is 73.6 Å². The number of nitrogens with one attached hydrogen (secondary N) is 1. The molecule has 3 N–H and O–H groups in total. The van der Waals surface area contributed by atoms with Gasteiger partial charge in [-0.2, -0.15) is 0 Å². The number of hydrogen-bond acceptors (Lipinski definition) is 4. The van der Waals surface area contributed by atoms with Crippen LogP contribution in [0.5, 0.6) is 0 Å². The van der Waals surface area contributed by atoms with Gasteiger partial charge < -0.3 is 9.47 Å². The van der Waals surface area contributed by atoms with Gasteiger partial charge in [0.05, 0.1) is 12.7 Å². The Bertz CT molecular complexity index is 141. The average Bonchev–Trinajstić information content (AvgIpc) is 2.12. The molecule has 0 aromatic heterocycles. The summed E-state index contributed by atoms with van der Waals surface area (Å²) in [6, 6.07) is 0. The minimum atomic E-state index is -0.164. The van der Waals surface area contributed by atoms with E-state index in [0.717, 1.165) is 0 Å². The molecule has 0 aliphatic heterocycles. The van der Waals surface area contributed by atoms with E-state index in [-0.39, 0.29) is 12.0 Å². The molecular formula is C8H18N2O3. The largest absolute Gasteiger partial charge is 0.382 e. The van der Waals surface area contributed by atoms with E-state index in [4.69, 9.17) is 15.3 Å². The summed E-state index contributed by atoms with van der Waals surface area (Å²) in [5, 5.41) is 0. The van der Waals surface area contributed by atoms with Crippen LogP contribution in [0, 0.1) is 0 Å². The Morgan fingerprint density at radius 1 is 1.62 bits per heavy atom. The molecule has 0 spiro atoms. The lowest BCUT2D eigenvalue weighted by molar-refractivity contribution is -0.121. The van der Waals surface area contributed by atoms with Gasteiger partial charge in [0.1, 0.15) is 0 Å². The van der Waals surface area contributed by atoms with Crippen molar-refractivity contribution in [2.24, 2.45) is 5.84 Å². The van der Waals surface area contributed by atoms with Crippen LogP contribution in [-0.2, 0) is 14.3 Å². The van der Waals surface area contributed by atoms with Gasteiger partial charge in [-0.15, -0.1) is 0 Å². The average molecular weight is 190 g/mol. The highest BCUT2D eigenvalue weighted by Gasteiger charge is 2.02. The zero-order chi connectivity index (χ0) is 10.1. The molecule has 0 rings (SSSR count). The predicted octanol–water partition coefficient (Wildman–Crippen LogP) is -0.192. The second-order valence-electron chi connectivity index (χ2n) is 2.81. The summed E-state index contributed by atoms with van der Waals surface area (Å²) in [6.45, 7) is 3.05. The lowest BCUT2D eigenvalue weighted by Crippen LogP contribution is -2.30. The van der Waals surface area contributed by atoms with Gasteiger partial charge in [-0.1, -0.05) is 0 Å². The molecule has 1 unspecified atom stereocenters. The Balaban J connectivity index is 3.20. The minimum absolute atomic E-state index is 0.0749. The zero-order valence-corrected chi connectivity index (χ0v) is 8.21. The lowest BCUT2D eigenvalue weighted by Gasteiger charge is -2.11. The summed E-state index contributed by atoms with van der Waals surface area (Å²) in [5.74, 6) is 4.74. The first-order valence-electron chi connectivity index (χ1n) is 4.30. The summed E-state index contributed by atoms with van der Waals surface area (Å²) in [7, 11) is 1.63. The maximum absolute atomic E-state index is 10.7. The molecule has 78 valence electrons. The van der Waals surface area contributed by atoms with Crippen LogP contribution in [0.3, 0.4) is 0 Å². The Hall–Kier alpha value is -0.650. The van der Waals surface area contributed by atoms with Crippen LogP contribution >= 0.6 is 0 Å². The second-order valence-corrected chi connectivity index (χ2v) is 2.81. The number of methoxy groups -OCH3 is 1. The normalized spacial score (nSPS) is 12.5. The second kappa shape index (κ2) is 7.97. The van der Waals surface area contributed by atoms with Crippen molar-refractivity contribution >= 4 is 5.91 Å². The van der Waals surface area contributed by atoms with Crippen molar-refractivity contribution in [3.8, 4) is 0 Å². The van der Waals surface area contributed by atoms with Crippen LogP contribution in [0.25, 0.3) is 0 Å².